The lowest BCUT2D eigenvalue weighted by Gasteiger charge is -2.08. The van der Waals surface area contributed by atoms with Crippen LogP contribution >= 0.6 is 0 Å². The van der Waals surface area contributed by atoms with Crippen molar-refractivity contribution in [3.8, 4) is 22.5 Å². The van der Waals surface area contributed by atoms with Gasteiger partial charge in [-0.3, -0.25) is 4.40 Å². The van der Waals surface area contributed by atoms with Crippen molar-refractivity contribution in [2.45, 2.75) is 0 Å². The number of hydrogen-bond acceptors (Lipinski definition) is 1. The van der Waals surface area contributed by atoms with Gasteiger partial charge in [0, 0.05) is 11.1 Å². The number of rotatable bonds is 2. The fraction of sp³-hybridized carbons (Fsp3) is 0. The van der Waals surface area contributed by atoms with E-state index < -0.39 is 0 Å². The van der Waals surface area contributed by atoms with E-state index in [-0.39, 0.29) is 0 Å². The first kappa shape index (κ1) is 14.0. The average molecular weight is 320 g/mol. The molecule has 2 heterocycles. The fourth-order valence-corrected chi connectivity index (χ4v) is 3.45. The minimum Gasteiger partial charge on any atom is -0.292 e. The third kappa shape index (κ3) is 2.23. The van der Waals surface area contributed by atoms with Crippen LogP contribution in [0.25, 0.3) is 39.1 Å². The van der Waals surface area contributed by atoms with Crippen molar-refractivity contribution < 1.29 is 0 Å². The third-order valence-electron chi connectivity index (χ3n) is 4.59. The van der Waals surface area contributed by atoms with Gasteiger partial charge in [-0.05, 0) is 23.6 Å². The SMILES string of the molecule is c1ccc(-c2nc3ccc4ccccc4n3c2-c2ccccc2)cc1. The lowest BCUT2D eigenvalue weighted by Crippen LogP contribution is -1.92. The van der Waals surface area contributed by atoms with Crippen LogP contribution in [0.2, 0.25) is 0 Å². The van der Waals surface area contributed by atoms with Gasteiger partial charge in [-0.15, -0.1) is 0 Å². The molecule has 2 aromatic heterocycles. The monoisotopic (exact) mass is 320 g/mol. The minimum atomic E-state index is 0.969. The summed E-state index contributed by atoms with van der Waals surface area (Å²) < 4.78 is 2.27. The van der Waals surface area contributed by atoms with Crippen LogP contribution in [0.1, 0.15) is 0 Å². The van der Waals surface area contributed by atoms with E-state index in [2.05, 4.69) is 89.3 Å². The first-order valence-electron chi connectivity index (χ1n) is 8.43. The summed E-state index contributed by atoms with van der Waals surface area (Å²) in [5, 5.41) is 1.21. The van der Waals surface area contributed by atoms with Crippen LogP contribution in [0, 0.1) is 0 Å². The molecule has 0 aliphatic heterocycles. The van der Waals surface area contributed by atoms with Gasteiger partial charge in [-0.1, -0.05) is 78.9 Å². The molecule has 0 saturated carbocycles. The minimum absolute atomic E-state index is 0.969. The van der Waals surface area contributed by atoms with E-state index in [1.165, 1.54) is 16.5 Å². The molecule has 2 nitrogen and oxygen atoms in total. The molecule has 0 radical (unpaired) electrons. The number of hydrogen-bond donors (Lipinski definition) is 0. The predicted molar refractivity (Wildman–Crippen MR) is 104 cm³/mol. The molecular weight excluding hydrogens is 304 g/mol. The summed E-state index contributed by atoms with van der Waals surface area (Å²) in [5.41, 5.74) is 6.60. The Morgan fingerprint density at radius 1 is 0.560 bits per heavy atom. The molecule has 2 heteroatoms. The van der Waals surface area contributed by atoms with E-state index in [9.17, 15) is 0 Å². The zero-order valence-corrected chi connectivity index (χ0v) is 13.6. The molecule has 5 aromatic rings. The van der Waals surface area contributed by atoms with E-state index in [1.54, 1.807) is 0 Å². The van der Waals surface area contributed by atoms with Gasteiger partial charge in [0.25, 0.3) is 0 Å². The van der Waals surface area contributed by atoms with E-state index in [4.69, 9.17) is 4.98 Å². The lowest BCUT2D eigenvalue weighted by molar-refractivity contribution is 1.26. The summed E-state index contributed by atoms with van der Waals surface area (Å²) >= 11 is 0. The summed E-state index contributed by atoms with van der Waals surface area (Å²) in [6.45, 7) is 0. The van der Waals surface area contributed by atoms with Crippen LogP contribution in [0.3, 0.4) is 0 Å². The molecule has 0 fully saturated rings. The van der Waals surface area contributed by atoms with E-state index in [0.717, 1.165) is 22.6 Å². The fourth-order valence-electron chi connectivity index (χ4n) is 3.45. The van der Waals surface area contributed by atoms with Crippen molar-refractivity contribution in [1.29, 1.82) is 0 Å². The van der Waals surface area contributed by atoms with Crippen LogP contribution in [-0.2, 0) is 0 Å². The topological polar surface area (TPSA) is 17.3 Å². The molecule has 3 aromatic carbocycles. The van der Waals surface area contributed by atoms with Crippen LogP contribution in [0.4, 0.5) is 0 Å². The molecule has 0 saturated heterocycles. The van der Waals surface area contributed by atoms with E-state index >= 15 is 0 Å². The lowest BCUT2D eigenvalue weighted by atomic mass is 10.0. The maximum Gasteiger partial charge on any atom is 0.138 e. The second-order valence-electron chi connectivity index (χ2n) is 6.13. The highest BCUT2D eigenvalue weighted by Gasteiger charge is 2.17. The number of nitrogens with zero attached hydrogens (tertiary/aromatic N) is 2. The second-order valence-corrected chi connectivity index (χ2v) is 6.13. The Labute approximate surface area is 146 Å². The van der Waals surface area contributed by atoms with Gasteiger partial charge in [0.2, 0.25) is 0 Å². The molecule has 0 atom stereocenters. The first-order chi connectivity index (χ1) is 12.4. The smallest absolute Gasteiger partial charge is 0.138 e. The Bertz CT molecular complexity index is 1170. The summed E-state index contributed by atoms with van der Waals surface area (Å²) in [5.74, 6) is 0. The molecule has 0 amide bonds. The maximum atomic E-state index is 4.97. The number of aromatic nitrogens is 2. The molecule has 118 valence electrons. The van der Waals surface area contributed by atoms with Crippen LogP contribution in [0.5, 0.6) is 0 Å². The van der Waals surface area contributed by atoms with Crippen molar-refractivity contribution >= 4 is 16.6 Å². The van der Waals surface area contributed by atoms with Crippen molar-refractivity contribution in [2.75, 3.05) is 0 Å². The van der Waals surface area contributed by atoms with E-state index in [1.807, 2.05) is 12.1 Å². The molecule has 25 heavy (non-hydrogen) atoms. The predicted octanol–water partition coefficient (Wildman–Crippen LogP) is 5.82. The Kier molecular flexibility index (Phi) is 3.14. The zero-order chi connectivity index (χ0) is 16.6. The van der Waals surface area contributed by atoms with E-state index in [0.29, 0.717) is 0 Å². The van der Waals surface area contributed by atoms with Gasteiger partial charge in [-0.2, -0.15) is 0 Å². The number of para-hydroxylation sites is 1. The van der Waals surface area contributed by atoms with Gasteiger partial charge in [-0.25, -0.2) is 4.98 Å². The number of imidazole rings is 1. The maximum absolute atomic E-state index is 4.97. The van der Waals surface area contributed by atoms with Crippen LogP contribution < -0.4 is 0 Å². The Hall–Kier alpha value is -3.39. The highest BCUT2D eigenvalue weighted by molar-refractivity contribution is 5.90. The average Bonchev–Trinajstić information content (AvgIpc) is 3.09. The van der Waals surface area contributed by atoms with Crippen LogP contribution in [-0.4, -0.2) is 9.38 Å². The Morgan fingerprint density at radius 2 is 1.20 bits per heavy atom. The molecule has 0 N–H and O–H groups in total. The van der Waals surface area contributed by atoms with Gasteiger partial charge >= 0.3 is 0 Å². The zero-order valence-electron chi connectivity index (χ0n) is 13.6. The molecular formula is C23H16N2. The molecule has 0 bridgehead atoms. The first-order valence-corrected chi connectivity index (χ1v) is 8.43. The molecule has 0 aliphatic carbocycles. The van der Waals surface area contributed by atoms with Crippen LogP contribution in [0.15, 0.2) is 97.1 Å². The largest absolute Gasteiger partial charge is 0.292 e. The molecule has 0 unspecified atom stereocenters. The van der Waals surface area contributed by atoms with Crippen molar-refractivity contribution in [3.05, 3.63) is 97.1 Å². The summed E-state index contributed by atoms with van der Waals surface area (Å²) in [6.07, 6.45) is 0. The quantitative estimate of drug-likeness (QED) is 0.400. The second kappa shape index (κ2) is 5.60. The third-order valence-corrected chi connectivity index (χ3v) is 4.59. The number of fused-ring (bicyclic) bond motifs is 3. The van der Waals surface area contributed by atoms with Gasteiger partial charge in [0.05, 0.1) is 16.9 Å². The highest BCUT2D eigenvalue weighted by Crippen LogP contribution is 2.34. The summed E-state index contributed by atoms with van der Waals surface area (Å²) in [7, 11) is 0. The normalized spacial score (nSPS) is 11.2. The Balaban J connectivity index is 1.96. The summed E-state index contributed by atoms with van der Waals surface area (Å²) in [6, 6.07) is 33.6. The molecule has 0 spiro atoms. The Morgan fingerprint density at radius 3 is 1.96 bits per heavy atom. The highest BCUT2D eigenvalue weighted by atomic mass is 15.0. The standard InChI is InChI=1S/C23H16N2/c1-3-10-18(11-4-1)22-23(19-12-5-2-6-13-19)25-20-14-8-7-9-17(20)15-16-21(25)24-22/h1-16H. The van der Waals surface area contributed by atoms with Crippen molar-refractivity contribution in [3.63, 3.8) is 0 Å². The number of benzene rings is 3. The molecule has 0 aliphatic rings. The van der Waals surface area contributed by atoms with Gasteiger partial charge < -0.3 is 0 Å². The van der Waals surface area contributed by atoms with Crippen molar-refractivity contribution in [2.24, 2.45) is 0 Å². The number of pyridine rings is 1. The summed E-state index contributed by atoms with van der Waals surface area (Å²) in [4.78, 5) is 4.97. The van der Waals surface area contributed by atoms with Crippen molar-refractivity contribution in [1.82, 2.24) is 9.38 Å². The molecule has 5 rings (SSSR count). The van der Waals surface area contributed by atoms with Gasteiger partial charge in [0.1, 0.15) is 5.65 Å². The van der Waals surface area contributed by atoms with Gasteiger partial charge in [0.15, 0.2) is 0 Å².